The molecule has 3 N–H and O–H groups in total. The van der Waals surface area contributed by atoms with E-state index in [4.69, 9.17) is 0 Å². The Hall–Kier alpha value is -2.26. The first-order valence-corrected chi connectivity index (χ1v) is 10.2. The number of nitrogens with one attached hydrogen (secondary N) is 3. The van der Waals surface area contributed by atoms with Gasteiger partial charge in [0.15, 0.2) is 11.6 Å². The Balaban J connectivity index is 1.61. The fraction of sp³-hybridized carbons (Fsp3) is 0.471. The Morgan fingerprint density at radius 3 is 2.77 bits per heavy atom. The number of aromatic amines is 1. The summed E-state index contributed by atoms with van der Waals surface area (Å²) in [5.41, 5.74) is 0.633. The van der Waals surface area contributed by atoms with E-state index in [1.165, 1.54) is 18.9 Å². The lowest BCUT2D eigenvalue weighted by molar-refractivity contribution is 0.493. The summed E-state index contributed by atoms with van der Waals surface area (Å²) in [4.78, 5) is 8.49. The van der Waals surface area contributed by atoms with Crippen molar-refractivity contribution in [3.63, 3.8) is 0 Å². The van der Waals surface area contributed by atoms with Gasteiger partial charge in [-0.25, -0.2) is 23.1 Å². The van der Waals surface area contributed by atoms with Crippen LogP contribution in [-0.4, -0.2) is 39.9 Å². The van der Waals surface area contributed by atoms with Crippen LogP contribution in [0.15, 0.2) is 24.4 Å². The van der Waals surface area contributed by atoms with Crippen molar-refractivity contribution in [3.05, 3.63) is 35.9 Å². The molecule has 1 fully saturated rings. The normalized spacial score (nSPS) is 15.5. The van der Waals surface area contributed by atoms with Crippen LogP contribution < -0.4 is 10.0 Å². The summed E-state index contributed by atoms with van der Waals surface area (Å²) in [6.45, 7) is 5.41. The Morgan fingerprint density at radius 2 is 2.08 bits per heavy atom. The fourth-order valence-electron chi connectivity index (χ4n) is 2.45. The van der Waals surface area contributed by atoms with Gasteiger partial charge in [0.25, 0.3) is 0 Å². The third-order valence-electron chi connectivity index (χ3n) is 3.59. The number of sulfonamides is 1. The third-order valence-corrected chi connectivity index (χ3v) is 5.14. The summed E-state index contributed by atoms with van der Waals surface area (Å²) >= 11 is 0. The highest BCUT2D eigenvalue weighted by Gasteiger charge is 2.25. The summed E-state index contributed by atoms with van der Waals surface area (Å²) in [5, 5.41) is 10.4. The fourth-order valence-corrected chi connectivity index (χ4v) is 3.81. The first kappa shape index (κ1) is 18.5. The molecule has 2 aromatic heterocycles. The molecule has 0 atom stereocenters. The monoisotopic (exact) mass is 376 g/mol. The molecule has 9 heteroatoms. The van der Waals surface area contributed by atoms with Gasteiger partial charge in [-0.05, 0) is 45.8 Å². The zero-order valence-corrected chi connectivity index (χ0v) is 16.0. The average Bonchev–Trinajstić information content (AvgIpc) is 3.26. The maximum Gasteiger partial charge on any atom is 0.215 e. The zero-order chi connectivity index (χ0) is 18.8. The molecule has 26 heavy (non-hydrogen) atoms. The predicted molar refractivity (Wildman–Crippen MR) is 102 cm³/mol. The largest absolute Gasteiger partial charge is 0.323 e. The van der Waals surface area contributed by atoms with Gasteiger partial charge in [-0.3, -0.25) is 5.10 Å². The van der Waals surface area contributed by atoms with E-state index in [0.29, 0.717) is 23.4 Å². The van der Waals surface area contributed by atoms with E-state index in [1.807, 2.05) is 6.07 Å². The van der Waals surface area contributed by atoms with Crippen LogP contribution in [0.2, 0.25) is 0 Å². The molecule has 3 rings (SSSR count). The summed E-state index contributed by atoms with van der Waals surface area (Å²) in [7, 11) is -3.39. The zero-order valence-electron chi connectivity index (χ0n) is 15.2. The van der Waals surface area contributed by atoms with Gasteiger partial charge in [-0.2, -0.15) is 5.10 Å². The van der Waals surface area contributed by atoms with Crippen LogP contribution in [-0.2, 0) is 10.0 Å². The van der Waals surface area contributed by atoms with E-state index in [1.54, 1.807) is 39.1 Å². The van der Waals surface area contributed by atoms with Crippen molar-refractivity contribution >= 4 is 27.7 Å². The van der Waals surface area contributed by atoms with Crippen molar-refractivity contribution in [2.24, 2.45) is 0 Å². The van der Waals surface area contributed by atoms with Crippen molar-refractivity contribution in [1.29, 1.82) is 0 Å². The highest BCUT2D eigenvalue weighted by molar-refractivity contribution is 7.89. The predicted octanol–water partition coefficient (Wildman–Crippen LogP) is 2.55. The van der Waals surface area contributed by atoms with Gasteiger partial charge in [0, 0.05) is 29.4 Å². The number of rotatable bonds is 7. The minimum atomic E-state index is -3.39. The molecule has 0 radical (unpaired) electrons. The van der Waals surface area contributed by atoms with Gasteiger partial charge in [-0.15, -0.1) is 0 Å². The van der Waals surface area contributed by atoms with E-state index in [2.05, 4.69) is 30.2 Å². The number of hydrogen-bond donors (Lipinski definition) is 3. The second kappa shape index (κ2) is 7.16. The molecule has 2 aromatic rings. The number of hydrogen-bond acceptors (Lipinski definition) is 6. The lowest BCUT2D eigenvalue weighted by Gasteiger charge is -2.19. The molecular formula is C17H24N6O2S. The van der Waals surface area contributed by atoms with Crippen molar-refractivity contribution in [1.82, 2.24) is 24.9 Å². The molecule has 140 valence electrons. The van der Waals surface area contributed by atoms with E-state index >= 15 is 0 Å². The average molecular weight is 376 g/mol. The van der Waals surface area contributed by atoms with Crippen LogP contribution in [0, 0.1) is 0 Å². The van der Waals surface area contributed by atoms with E-state index < -0.39 is 15.6 Å². The van der Waals surface area contributed by atoms with E-state index in [9.17, 15) is 8.42 Å². The number of anilines is 2. The number of nitrogens with zero attached hydrogens (tertiary/aromatic N) is 3. The van der Waals surface area contributed by atoms with Crippen LogP contribution in [0.5, 0.6) is 0 Å². The molecule has 1 saturated carbocycles. The second-order valence-corrected chi connectivity index (χ2v) is 9.21. The van der Waals surface area contributed by atoms with Crippen LogP contribution in [0.1, 0.15) is 51.0 Å². The summed E-state index contributed by atoms with van der Waals surface area (Å²) < 4.78 is 26.6. The lowest BCUT2D eigenvalue weighted by atomic mass is 10.1. The highest BCUT2D eigenvalue weighted by atomic mass is 32.2. The lowest BCUT2D eigenvalue weighted by Crippen LogP contribution is -2.41. The maximum absolute atomic E-state index is 12.0. The molecule has 0 saturated heterocycles. The molecule has 1 aliphatic rings. The van der Waals surface area contributed by atoms with Gasteiger partial charge in [0.2, 0.25) is 10.0 Å². The minimum absolute atomic E-state index is 0.130. The summed E-state index contributed by atoms with van der Waals surface area (Å²) in [5.74, 6) is 2.21. The van der Waals surface area contributed by atoms with Crippen molar-refractivity contribution < 1.29 is 8.42 Å². The van der Waals surface area contributed by atoms with Crippen molar-refractivity contribution in [2.45, 2.75) is 45.1 Å². The molecule has 1 aliphatic carbocycles. The quantitative estimate of drug-likeness (QED) is 0.684. The molecular weight excluding hydrogens is 352 g/mol. The first-order valence-electron chi connectivity index (χ1n) is 8.54. The van der Waals surface area contributed by atoms with Gasteiger partial charge < -0.3 is 5.32 Å². The second-order valence-electron chi connectivity index (χ2n) is 7.44. The molecule has 8 nitrogen and oxygen atoms in total. The third kappa shape index (κ3) is 5.63. The Bertz CT molecular complexity index is 894. The van der Waals surface area contributed by atoms with Gasteiger partial charge in [-0.1, -0.05) is 6.08 Å². The molecule has 0 unspecified atom stereocenters. The Kier molecular flexibility index (Phi) is 5.10. The molecule has 0 amide bonds. The molecule has 2 heterocycles. The van der Waals surface area contributed by atoms with Gasteiger partial charge >= 0.3 is 0 Å². The number of aromatic nitrogens is 4. The summed E-state index contributed by atoms with van der Waals surface area (Å²) in [6, 6.07) is 3.72. The molecule has 0 aliphatic heterocycles. The molecule has 0 bridgehead atoms. The maximum atomic E-state index is 12.0. The number of H-pyrrole nitrogens is 1. The SMILES string of the molecule is CC(C)(C)NS(=O)(=O)CC=Cc1nccc(Nc2cc(C3CC3)[nH]n2)n1. The smallest absolute Gasteiger partial charge is 0.215 e. The minimum Gasteiger partial charge on any atom is -0.323 e. The topological polar surface area (TPSA) is 113 Å². The van der Waals surface area contributed by atoms with Gasteiger partial charge in [0.05, 0.1) is 5.75 Å². The Labute approximate surface area is 153 Å². The van der Waals surface area contributed by atoms with Gasteiger partial charge in [0.1, 0.15) is 5.82 Å². The Morgan fingerprint density at radius 1 is 1.31 bits per heavy atom. The van der Waals surface area contributed by atoms with Crippen molar-refractivity contribution in [3.8, 4) is 0 Å². The summed E-state index contributed by atoms with van der Waals surface area (Å²) in [6.07, 6.45) is 7.15. The van der Waals surface area contributed by atoms with Crippen LogP contribution in [0.3, 0.4) is 0 Å². The van der Waals surface area contributed by atoms with Crippen LogP contribution in [0.4, 0.5) is 11.6 Å². The molecule has 0 aromatic carbocycles. The first-order chi connectivity index (χ1) is 12.2. The standard InChI is InChI=1S/C17H24N6O2S/c1-17(2,3)23-26(24,25)10-4-5-14-18-9-8-15(19-14)20-16-11-13(21-22-16)12-6-7-12/h4-5,8-9,11-12,23H,6-7,10H2,1-3H3,(H2,18,19,20,21,22). The van der Waals surface area contributed by atoms with E-state index in [-0.39, 0.29) is 5.75 Å². The van der Waals surface area contributed by atoms with E-state index in [0.717, 1.165) is 5.69 Å². The highest BCUT2D eigenvalue weighted by Crippen LogP contribution is 2.39. The van der Waals surface area contributed by atoms with Crippen molar-refractivity contribution in [2.75, 3.05) is 11.1 Å². The molecule has 0 spiro atoms. The van der Waals surface area contributed by atoms with Crippen LogP contribution >= 0.6 is 0 Å². The van der Waals surface area contributed by atoms with Crippen LogP contribution in [0.25, 0.3) is 6.08 Å².